The van der Waals surface area contributed by atoms with Crippen molar-refractivity contribution < 1.29 is 4.74 Å². The largest absolute Gasteiger partial charge is 0.369 e. The molecule has 7 nitrogen and oxygen atoms in total. The molecule has 0 radical (unpaired) electrons. The van der Waals surface area contributed by atoms with Crippen LogP contribution in [0, 0.1) is 13.8 Å². The van der Waals surface area contributed by atoms with Crippen molar-refractivity contribution in [3.63, 3.8) is 0 Å². The second-order valence-electron chi connectivity index (χ2n) is 6.77. The normalized spacial score (nSPS) is 18.0. The number of ether oxygens (including phenoxy) is 1. The number of aromatic nitrogens is 4. The molecule has 142 valence electrons. The Balaban J connectivity index is 1.45. The van der Waals surface area contributed by atoms with Crippen LogP contribution < -0.4 is 5.32 Å². The van der Waals surface area contributed by atoms with Crippen molar-refractivity contribution in [2.45, 2.75) is 26.5 Å². The molecule has 1 fully saturated rings. The highest BCUT2D eigenvalue weighted by atomic mass is 32.1. The van der Waals surface area contributed by atoms with Gasteiger partial charge in [-0.3, -0.25) is 9.58 Å². The highest BCUT2D eigenvalue weighted by Gasteiger charge is 2.24. The van der Waals surface area contributed by atoms with Crippen molar-refractivity contribution >= 4 is 22.3 Å². The Morgan fingerprint density at radius 3 is 2.89 bits per heavy atom. The molecule has 1 saturated heterocycles. The van der Waals surface area contributed by atoms with Gasteiger partial charge < -0.3 is 10.1 Å². The van der Waals surface area contributed by atoms with E-state index >= 15 is 0 Å². The maximum absolute atomic E-state index is 6.00. The van der Waals surface area contributed by atoms with E-state index in [0.717, 1.165) is 42.0 Å². The van der Waals surface area contributed by atoms with Crippen molar-refractivity contribution in [1.29, 1.82) is 0 Å². The number of morpholine rings is 1. The molecule has 0 aliphatic carbocycles. The van der Waals surface area contributed by atoms with E-state index < -0.39 is 0 Å². The van der Waals surface area contributed by atoms with Crippen LogP contribution in [0.1, 0.15) is 28.1 Å². The number of rotatable bonds is 5. The number of anilines is 2. The average Bonchev–Trinajstić information content (AvgIpc) is 3.20. The first-order valence-electron chi connectivity index (χ1n) is 9.07. The van der Waals surface area contributed by atoms with Gasteiger partial charge in [0.25, 0.3) is 0 Å². The van der Waals surface area contributed by atoms with Crippen LogP contribution in [0.15, 0.2) is 30.5 Å². The fourth-order valence-corrected chi connectivity index (χ4v) is 3.97. The molecule has 0 aromatic carbocycles. The first-order valence-corrected chi connectivity index (χ1v) is 9.89. The lowest BCUT2D eigenvalue weighted by atomic mass is 10.2. The first kappa shape index (κ1) is 18.1. The lowest BCUT2D eigenvalue weighted by molar-refractivity contribution is -0.0355. The highest BCUT2D eigenvalue weighted by molar-refractivity contribution is 7.15. The van der Waals surface area contributed by atoms with E-state index in [1.807, 2.05) is 43.0 Å². The van der Waals surface area contributed by atoms with Gasteiger partial charge in [0.15, 0.2) is 5.13 Å². The number of hydrogen-bond acceptors (Lipinski definition) is 7. The average molecular weight is 385 g/mol. The van der Waals surface area contributed by atoms with E-state index in [4.69, 9.17) is 9.72 Å². The van der Waals surface area contributed by atoms with Gasteiger partial charge in [-0.2, -0.15) is 5.10 Å². The summed E-state index contributed by atoms with van der Waals surface area (Å²) < 4.78 is 7.93. The van der Waals surface area contributed by atoms with Gasteiger partial charge in [-0.25, -0.2) is 9.97 Å². The molecule has 0 saturated carbocycles. The molecule has 0 amide bonds. The van der Waals surface area contributed by atoms with Gasteiger partial charge in [0, 0.05) is 37.8 Å². The smallest absolute Gasteiger partial charge is 0.188 e. The molecule has 0 unspecified atom stereocenters. The quantitative estimate of drug-likeness (QED) is 0.729. The summed E-state index contributed by atoms with van der Waals surface area (Å²) >= 11 is 1.64. The topological polar surface area (TPSA) is 68.1 Å². The van der Waals surface area contributed by atoms with E-state index in [0.29, 0.717) is 6.61 Å². The molecular formula is C19H24N6OS. The standard InChI is InChI=1S/C19H24N6OS/c1-13-14(2)27-19(21-13)23-18-6-4-5-16(22-18)17-12-25(9-10-26-17)11-15-7-8-20-24(15)3/h4-8,17H,9-12H2,1-3H3,(H,21,22,23)/t17-/m1/s1. The summed E-state index contributed by atoms with van der Waals surface area (Å²) in [6.07, 6.45) is 1.81. The van der Waals surface area contributed by atoms with Crippen LogP contribution in [0.4, 0.5) is 10.9 Å². The third kappa shape index (κ3) is 4.18. The molecule has 1 N–H and O–H groups in total. The number of pyridine rings is 1. The van der Waals surface area contributed by atoms with Crippen LogP contribution in [-0.4, -0.2) is 44.3 Å². The van der Waals surface area contributed by atoms with Gasteiger partial charge in [-0.15, -0.1) is 11.3 Å². The van der Waals surface area contributed by atoms with Gasteiger partial charge in [0.05, 0.1) is 23.7 Å². The van der Waals surface area contributed by atoms with Gasteiger partial charge in [0.2, 0.25) is 0 Å². The molecule has 27 heavy (non-hydrogen) atoms. The monoisotopic (exact) mass is 384 g/mol. The molecule has 0 bridgehead atoms. The van der Waals surface area contributed by atoms with Crippen molar-refractivity contribution in [3.8, 4) is 0 Å². The maximum atomic E-state index is 6.00. The van der Waals surface area contributed by atoms with E-state index in [2.05, 4.69) is 33.3 Å². The second kappa shape index (κ2) is 7.75. The molecule has 1 aliphatic rings. The molecule has 1 aliphatic heterocycles. The second-order valence-corrected chi connectivity index (χ2v) is 7.98. The lowest BCUT2D eigenvalue weighted by Gasteiger charge is -2.32. The zero-order valence-electron chi connectivity index (χ0n) is 15.8. The Morgan fingerprint density at radius 2 is 2.15 bits per heavy atom. The molecule has 4 heterocycles. The van der Waals surface area contributed by atoms with E-state index in [1.54, 1.807) is 11.3 Å². The summed E-state index contributed by atoms with van der Waals surface area (Å²) in [5.74, 6) is 0.800. The predicted octanol–water partition coefficient (Wildman–Crippen LogP) is 3.21. The number of nitrogens with zero attached hydrogens (tertiary/aromatic N) is 5. The summed E-state index contributed by atoms with van der Waals surface area (Å²) in [6.45, 7) is 7.40. The van der Waals surface area contributed by atoms with Crippen molar-refractivity contribution in [3.05, 3.63) is 52.4 Å². The molecule has 1 atom stereocenters. The van der Waals surface area contributed by atoms with Crippen molar-refractivity contribution in [2.75, 3.05) is 25.0 Å². The number of hydrogen-bond donors (Lipinski definition) is 1. The summed E-state index contributed by atoms with van der Waals surface area (Å²) in [4.78, 5) is 12.9. The molecule has 3 aromatic heterocycles. The maximum Gasteiger partial charge on any atom is 0.188 e. The summed E-state index contributed by atoms with van der Waals surface area (Å²) in [5, 5.41) is 8.44. The van der Waals surface area contributed by atoms with Gasteiger partial charge in [0.1, 0.15) is 11.9 Å². The number of aryl methyl sites for hydroxylation is 3. The Kier molecular flexibility index (Phi) is 5.20. The fraction of sp³-hybridized carbons (Fsp3) is 0.421. The first-order chi connectivity index (χ1) is 13.1. The molecular weight excluding hydrogens is 360 g/mol. The number of thiazole rings is 1. The predicted molar refractivity (Wildman–Crippen MR) is 106 cm³/mol. The SMILES string of the molecule is Cc1nc(Nc2cccc([C@H]3CN(Cc4ccnn4C)CCO3)n2)sc1C. The lowest BCUT2D eigenvalue weighted by Crippen LogP contribution is -2.38. The van der Waals surface area contributed by atoms with Crippen molar-refractivity contribution in [1.82, 2.24) is 24.6 Å². The Hall–Kier alpha value is -2.29. The van der Waals surface area contributed by atoms with E-state index in [9.17, 15) is 0 Å². The zero-order chi connectivity index (χ0) is 18.8. The van der Waals surface area contributed by atoms with E-state index in [-0.39, 0.29) is 6.10 Å². The van der Waals surface area contributed by atoms with E-state index in [1.165, 1.54) is 10.6 Å². The third-order valence-corrected chi connectivity index (χ3v) is 5.81. The molecule has 3 aromatic rings. The minimum absolute atomic E-state index is 0.0338. The molecule has 8 heteroatoms. The molecule has 4 rings (SSSR count). The van der Waals surface area contributed by atoms with Gasteiger partial charge in [-0.05, 0) is 32.0 Å². The summed E-state index contributed by atoms with van der Waals surface area (Å²) in [6, 6.07) is 8.07. The third-order valence-electron chi connectivity index (χ3n) is 4.82. The number of nitrogens with one attached hydrogen (secondary N) is 1. The van der Waals surface area contributed by atoms with Crippen LogP contribution in [0.25, 0.3) is 0 Å². The Labute approximate surface area is 163 Å². The summed E-state index contributed by atoms with van der Waals surface area (Å²) in [7, 11) is 1.98. The van der Waals surface area contributed by atoms with Gasteiger partial charge in [-0.1, -0.05) is 6.07 Å². The fourth-order valence-electron chi connectivity index (χ4n) is 3.15. The highest BCUT2D eigenvalue weighted by Crippen LogP contribution is 2.26. The minimum Gasteiger partial charge on any atom is -0.369 e. The van der Waals surface area contributed by atoms with Crippen LogP contribution >= 0.6 is 11.3 Å². The summed E-state index contributed by atoms with van der Waals surface area (Å²) in [5.41, 5.74) is 3.20. The Bertz CT molecular complexity index is 901. The van der Waals surface area contributed by atoms with Crippen LogP contribution in [0.5, 0.6) is 0 Å². The molecule has 0 spiro atoms. The van der Waals surface area contributed by atoms with Crippen LogP contribution in [0.2, 0.25) is 0 Å². The Morgan fingerprint density at radius 1 is 1.26 bits per heavy atom. The van der Waals surface area contributed by atoms with Crippen LogP contribution in [0.3, 0.4) is 0 Å². The zero-order valence-corrected chi connectivity index (χ0v) is 16.7. The van der Waals surface area contributed by atoms with Crippen LogP contribution in [-0.2, 0) is 18.3 Å². The van der Waals surface area contributed by atoms with Crippen molar-refractivity contribution in [2.24, 2.45) is 7.05 Å². The minimum atomic E-state index is -0.0338. The van der Waals surface area contributed by atoms with Gasteiger partial charge >= 0.3 is 0 Å².